The highest BCUT2D eigenvalue weighted by molar-refractivity contribution is 7.89. The fourth-order valence-electron chi connectivity index (χ4n) is 4.28. The number of likely N-dealkylation sites (tertiary alicyclic amines) is 1. The summed E-state index contributed by atoms with van der Waals surface area (Å²) in [6.45, 7) is 1.54. The maximum absolute atomic E-state index is 13.6. The van der Waals surface area contributed by atoms with Crippen LogP contribution in [0.4, 0.5) is 14.5 Å². The molecule has 0 bridgehead atoms. The maximum atomic E-state index is 13.6. The first-order valence-corrected chi connectivity index (χ1v) is 12.2. The summed E-state index contributed by atoms with van der Waals surface area (Å²) in [6, 6.07) is 2.83. The van der Waals surface area contributed by atoms with Gasteiger partial charge in [0.25, 0.3) is 5.91 Å². The zero-order valence-electron chi connectivity index (χ0n) is 19.0. The van der Waals surface area contributed by atoms with E-state index < -0.39 is 39.0 Å². The van der Waals surface area contributed by atoms with E-state index in [9.17, 15) is 26.8 Å². The summed E-state index contributed by atoms with van der Waals surface area (Å²) in [7, 11) is -2.72. The Morgan fingerprint density at radius 1 is 1.22 bits per heavy atom. The van der Waals surface area contributed by atoms with Gasteiger partial charge < -0.3 is 23.9 Å². The largest absolute Gasteiger partial charge is 0.488 e. The summed E-state index contributed by atoms with van der Waals surface area (Å²) in [4.78, 5) is 26.8. The third-order valence-corrected chi connectivity index (χ3v) is 7.55. The Bertz CT molecular complexity index is 1500. The predicted octanol–water partition coefficient (Wildman–Crippen LogP) is 1.20. The smallest absolute Gasteiger partial charge is 0.311 e. The highest BCUT2D eigenvalue weighted by atomic mass is 32.2. The molecule has 0 aliphatic carbocycles. The van der Waals surface area contributed by atoms with E-state index in [2.05, 4.69) is 20.2 Å². The average Bonchev–Trinajstić information content (AvgIpc) is 3.50. The summed E-state index contributed by atoms with van der Waals surface area (Å²) in [5, 5.41) is 9.76. The molecule has 1 unspecified atom stereocenters. The molecule has 2 amide bonds. The van der Waals surface area contributed by atoms with Gasteiger partial charge in [-0.1, -0.05) is 0 Å². The first kappa shape index (κ1) is 23.9. The molecule has 2 aliphatic rings. The number of hydrogen-bond donors (Lipinski definition) is 2. The minimum atomic E-state index is -4.18. The van der Waals surface area contributed by atoms with E-state index in [-0.39, 0.29) is 59.9 Å². The second-order valence-electron chi connectivity index (χ2n) is 8.64. The molecule has 2 aliphatic heterocycles. The highest BCUT2D eigenvalue weighted by Gasteiger charge is 2.48. The van der Waals surface area contributed by atoms with Gasteiger partial charge in [-0.05, 0) is 18.6 Å². The second-order valence-corrected chi connectivity index (χ2v) is 10.3. The van der Waals surface area contributed by atoms with Crippen molar-refractivity contribution in [3.05, 3.63) is 53.5 Å². The van der Waals surface area contributed by atoms with E-state index in [1.165, 1.54) is 28.8 Å². The van der Waals surface area contributed by atoms with E-state index in [4.69, 9.17) is 9.15 Å². The third-order valence-electron chi connectivity index (χ3n) is 5.98. The van der Waals surface area contributed by atoms with Crippen molar-refractivity contribution in [2.45, 2.75) is 23.8 Å². The van der Waals surface area contributed by atoms with Crippen molar-refractivity contribution in [3.63, 3.8) is 0 Å². The van der Waals surface area contributed by atoms with Crippen LogP contribution >= 0.6 is 0 Å². The molecule has 4 heterocycles. The molecule has 12 nitrogen and oxygen atoms in total. The maximum Gasteiger partial charge on any atom is 0.311 e. The van der Waals surface area contributed by atoms with Crippen LogP contribution in [-0.4, -0.2) is 65.1 Å². The van der Waals surface area contributed by atoms with Gasteiger partial charge in [0.15, 0.2) is 23.1 Å². The summed E-state index contributed by atoms with van der Waals surface area (Å²) in [5.74, 6) is -3.74. The van der Waals surface area contributed by atoms with Crippen LogP contribution in [0.25, 0.3) is 0 Å². The Balaban J connectivity index is 1.41. The molecule has 1 atom stereocenters. The number of amides is 2. The van der Waals surface area contributed by atoms with Crippen molar-refractivity contribution in [2.24, 2.45) is 7.05 Å². The molecule has 3 aromatic rings. The lowest BCUT2D eigenvalue weighted by Crippen LogP contribution is -2.53. The molecule has 0 radical (unpaired) electrons. The number of benzene rings is 1. The molecule has 190 valence electrons. The monoisotopic (exact) mass is 522 g/mol. The van der Waals surface area contributed by atoms with Crippen molar-refractivity contribution in [1.82, 2.24) is 24.4 Å². The Morgan fingerprint density at radius 2 is 2.00 bits per heavy atom. The van der Waals surface area contributed by atoms with Gasteiger partial charge in [0.05, 0.1) is 5.54 Å². The van der Waals surface area contributed by atoms with Gasteiger partial charge in [-0.3, -0.25) is 9.59 Å². The van der Waals surface area contributed by atoms with Gasteiger partial charge in [-0.2, -0.15) is 4.72 Å². The van der Waals surface area contributed by atoms with Crippen LogP contribution in [0, 0.1) is 18.6 Å². The first-order chi connectivity index (χ1) is 17.0. The van der Waals surface area contributed by atoms with Gasteiger partial charge in [0, 0.05) is 45.0 Å². The zero-order chi connectivity index (χ0) is 25.8. The fourth-order valence-corrected chi connectivity index (χ4v) is 5.88. The summed E-state index contributed by atoms with van der Waals surface area (Å²) >= 11 is 0. The number of rotatable bonds is 3. The van der Waals surface area contributed by atoms with E-state index >= 15 is 0 Å². The number of nitrogens with zero attached hydrogens (tertiary/aromatic N) is 4. The molecule has 1 spiro atoms. The number of halogens is 2. The Kier molecular flexibility index (Phi) is 5.55. The Hall–Kier alpha value is -3.85. The van der Waals surface area contributed by atoms with E-state index in [0.717, 1.165) is 12.1 Å². The normalized spacial score (nSPS) is 20.6. The van der Waals surface area contributed by atoms with Crippen LogP contribution in [-0.2, 0) is 17.1 Å². The summed E-state index contributed by atoms with van der Waals surface area (Å²) < 4.78 is 68.2. The van der Waals surface area contributed by atoms with E-state index in [0.29, 0.717) is 0 Å². The lowest BCUT2D eigenvalue weighted by atomic mass is 10.0. The molecule has 36 heavy (non-hydrogen) atoms. The first-order valence-electron chi connectivity index (χ1n) is 10.7. The zero-order valence-corrected chi connectivity index (χ0v) is 19.9. The van der Waals surface area contributed by atoms with Crippen LogP contribution in [0.1, 0.15) is 33.5 Å². The molecule has 5 rings (SSSR count). The number of aromatic nitrogens is 3. The van der Waals surface area contributed by atoms with E-state index in [1.54, 1.807) is 6.92 Å². The minimum Gasteiger partial charge on any atom is -0.488 e. The summed E-state index contributed by atoms with van der Waals surface area (Å²) in [6.07, 6.45) is 1.45. The fraction of sp³-hybridized carbons (Fsp3) is 0.333. The average molecular weight is 522 g/mol. The molecule has 1 aromatic carbocycles. The van der Waals surface area contributed by atoms with Crippen molar-refractivity contribution < 1.29 is 35.9 Å². The van der Waals surface area contributed by atoms with Crippen molar-refractivity contribution in [2.75, 3.05) is 25.0 Å². The minimum absolute atomic E-state index is 0.0267. The standard InChI is InChI=1S/C21H20F2N6O6S/c1-11-25-26-19(35-11)20(31)29-6-5-21(9-29)10-34-17-15(36(32,33)27-21)8-28(2)16(17)18(30)24-12-3-4-13(22)14(23)7-12/h3-4,7-8,27H,5-6,9-10H2,1-2H3,(H,24,30). The SMILES string of the molecule is Cc1nnc(C(=O)N2CCC3(COc4c(cn(C)c4C(=O)Nc4ccc(F)c(F)c4)S(=O)(=O)N3)C2)o1. The molecule has 2 aromatic heterocycles. The molecular formula is C21H20F2N6O6S. The Morgan fingerprint density at radius 3 is 2.69 bits per heavy atom. The second kappa shape index (κ2) is 8.37. The van der Waals surface area contributed by atoms with Gasteiger partial charge in [-0.15, -0.1) is 10.2 Å². The molecule has 1 fully saturated rings. The molecular weight excluding hydrogens is 502 g/mol. The number of carbonyl (C=O) groups is 2. The van der Waals surface area contributed by atoms with Crippen LogP contribution in [0.3, 0.4) is 0 Å². The number of nitrogens with one attached hydrogen (secondary N) is 2. The number of anilines is 1. The van der Waals surface area contributed by atoms with Crippen LogP contribution in [0.5, 0.6) is 5.75 Å². The van der Waals surface area contributed by atoms with Gasteiger partial charge in [0.2, 0.25) is 15.9 Å². The molecule has 2 N–H and O–H groups in total. The van der Waals surface area contributed by atoms with Crippen LogP contribution in [0.2, 0.25) is 0 Å². The third kappa shape index (κ3) is 4.09. The lowest BCUT2D eigenvalue weighted by molar-refractivity contribution is 0.0734. The topological polar surface area (TPSA) is 149 Å². The van der Waals surface area contributed by atoms with Crippen LogP contribution in [0.15, 0.2) is 33.7 Å². The van der Waals surface area contributed by atoms with Crippen molar-refractivity contribution in [1.29, 1.82) is 0 Å². The van der Waals surface area contributed by atoms with Gasteiger partial charge in [-0.25, -0.2) is 17.2 Å². The predicted molar refractivity (Wildman–Crippen MR) is 118 cm³/mol. The van der Waals surface area contributed by atoms with Crippen molar-refractivity contribution in [3.8, 4) is 5.75 Å². The van der Waals surface area contributed by atoms with Gasteiger partial charge in [0.1, 0.15) is 11.5 Å². The van der Waals surface area contributed by atoms with Gasteiger partial charge >= 0.3 is 11.8 Å². The number of carbonyl (C=O) groups excluding carboxylic acids is 2. The van der Waals surface area contributed by atoms with Crippen molar-refractivity contribution >= 4 is 27.5 Å². The number of hydrogen-bond acceptors (Lipinski definition) is 8. The lowest BCUT2D eigenvalue weighted by Gasteiger charge is -2.27. The van der Waals surface area contributed by atoms with E-state index in [1.807, 2.05) is 0 Å². The van der Waals surface area contributed by atoms with Crippen LogP contribution < -0.4 is 14.8 Å². The molecule has 0 saturated carbocycles. The number of sulfonamides is 1. The number of fused-ring (bicyclic) bond motifs is 1. The highest BCUT2D eigenvalue weighted by Crippen LogP contribution is 2.37. The molecule has 15 heteroatoms. The number of aryl methyl sites for hydroxylation is 2. The number of ether oxygens (including phenoxy) is 1. The quantitative estimate of drug-likeness (QED) is 0.521. The summed E-state index contributed by atoms with van der Waals surface area (Å²) in [5.41, 5.74) is -1.33. The Labute approximate surface area is 203 Å². The molecule has 1 saturated heterocycles.